The molecule has 0 aliphatic carbocycles. The lowest BCUT2D eigenvalue weighted by atomic mass is 10.2. The van der Waals surface area contributed by atoms with Gasteiger partial charge in [0.2, 0.25) is 0 Å². The first kappa shape index (κ1) is 11.0. The third-order valence-electron chi connectivity index (χ3n) is 2.80. The molecule has 0 unspecified atom stereocenters. The number of anilines is 1. The molecular weight excluding hydrogens is 200 g/mol. The smallest absolute Gasteiger partial charge is 0.0500 e. The molecule has 1 aromatic carbocycles. The molecule has 0 amide bonds. The van der Waals surface area contributed by atoms with Gasteiger partial charge < -0.3 is 15.0 Å². The van der Waals surface area contributed by atoms with Crippen molar-refractivity contribution in [2.75, 3.05) is 19.5 Å². The predicted molar refractivity (Wildman–Crippen MR) is 67.5 cm³/mol. The lowest BCUT2D eigenvalue weighted by Crippen LogP contribution is -1.98. The van der Waals surface area contributed by atoms with E-state index in [2.05, 4.69) is 22.9 Å². The van der Waals surface area contributed by atoms with Crippen molar-refractivity contribution in [1.29, 1.82) is 0 Å². The van der Waals surface area contributed by atoms with Crippen molar-refractivity contribution in [1.82, 2.24) is 4.57 Å². The third kappa shape index (κ3) is 2.36. The fourth-order valence-electron chi connectivity index (χ4n) is 1.92. The maximum atomic E-state index is 5.79. The molecule has 1 aromatic heterocycles. The van der Waals surface area contributed by atoms with E-state index < -0.39 is 0 Å². The number of nitrogens with two attached hydrogens (primary N) is 1. The van der Waals surface area contributed by atoms with Gasteiger partial charge in [0.05, 0.1) is 5.52 Å². The molecule has 0 spiro atoms. The first-order chi connectivity index (χ1) is 7.81. The number of nitrogen functional groups attached to an aromatic ring is 1. The Hall–Kier alpha value is -1.48. The van der Waals surface area contributed by atoms with Crippen LogP contribution in [-0.2, 0) is 11.3 Å². The van der Waals surface area contributed by atoms with Gasteiger partial charge in [-0.15, -0.1) is 0 Å². The van der Waals surface area contributed by atoms with Crippen LogP contribution in [0, 0.1) is 0 Å². The highest BCUT2D eigenvalue weighted by molar-refractivity contribution is 5.83. The van der Waals surface area contributed by atoms with Gasteiger partial charge in [0.1, 0.15) is 0 Å². The predicted octanol–water partition coefficient (Wildman–Crippen LogP) is 2.65. The Bertz CT molecular complexity index is 462. The summed E-state index contributed by atoms with van der Waals surface area (Å²) in [5.41, 5.74) is 7.84. The number of hydrogen-bond acceptors (Lipinski definition) is 2. The number of aromatic nitrogens is 1. The van der Waals surface area contributed by atoms with Crippen LogP contribution in [0.4, 0.5) is 5.69 Å². The van der Waals surface area contributed by atoms with E-state index in [4.69, 9.17) is 10.5 Å². The summed E-state index contributed by atoms with van der Waals surface area (Å²) in [5, 5.41) is 1.25. The van der Waals surface area contributed by atoms with Crippen LogP contribution in [0.2, 0.25) is 0 Å². The minimum Gasteiger partial charge on any atom is -0.399 e. The van der Waals surface area contributed by atoms with Crippen LogP contribution in [0.15, 0.2) is 30.5 Å². The molecule has 2 N–H and O–H groups in total. The molecule has 0 fully saturated rings. The van der Waals surface area contributed by atoms with Crippen LogP contribution in [-0.4, -0.2) is 18.3 Å². The zero-order valence-corrected chi connectivity index (χ0v) is 9.65. The summed E-state index contributed by atoms with van der Waals surface area (Å²) in [6.45, 7) is 1.86. The molecule has 0 aliphatic rings. The zero-order chi connectivity index (χ0) is 11.4. The first-order valence-electron chi connectivity index (χ1n) is 5.64. The van der Waals surface area contributed by atoms with E-state index >= 15 is 0 Å². The molecule has 0 aliphatic heterocycles. The number of ether oxygens (including phenoxy) is 1. The number of benzene rings is 1. The molecule has 0 bridgehead atoms. The zero-order valence-electron chi connectivity index (χ0n) is 9.65. The second-order valence-corrected chi connectivity index (χ2v) is 4.03. The number of nitrogens with zero attached hydrogens (tertiary/aromatic N) is 1. The van der Waals surface area contributed by atoms with E-state index in [0.29, 0.717) is 0 Å². The number of hydrogen-bond donors (Lipinski definition) is 1. The second-order valence-electron chi connectivity index (χ2n) is 4.03. The van der Waals surface area contributed by atoms with Crippen molar-refractivity contribution >= 4 is 16.6 Å². The Morgan fingerprint density at radius 2 is 2.12 bits per heavy atom. The van der Waals surface area contributed by atoms with Gasteiger partial charge in [0, 0.05) is 32.1 Å². The Kier molecular flexibility index (Phi) is 3.47. The molecule has 2 rings (SSSR count). The van der Waals surface area contributed by atoms with Crippen molar-refractivity contribution < 1.29 is 4.74 Å². The van der Waals surface area contributed by atoms with Gasteiger partial charge in [-0.1, -0.05) is 6.07 Å². The summed E-state index contributed by atoms with van der Waals surface area (Å²) < 4.78 is 7.29. The normalized spacial score (nSPS) is 11.1. The molecule has 3 heteroatoms. The van der Waals surface area contributed by atoms with Crippen molar-refractivity contribution in [2.24, 2.45) is 0 Å². The number of methoxy groups -OCH3 is 1. The summed E-state index contributed by atoms with van der Waals surface area (Å²) >= 11 is 0. The monoisotopic (exact) mass is 218 g/mol. The SMILES string of the molecule is COCCCCn1ccc2ccc(N)cc21. The van der Waals surface area contributed by atoms with E-state index in [0.717, 1.165) is 31.7 Å². The maximum absolute atomic E-state index is 5.79. The number of aryl methyl sites for hydroxylation is 1. The molecule has 0 atom stereocenters. The fraction of sp³-hybridized carbons (Fsp3) is 0.385. The molecule has 16 heavy (non-hydrogen) atoms. The number of rotatable bonds is 5. The van der Waals surface area contributed by atoms with Gasteiger partial charge in [-0.05, 0) is 36.4 Å². The summed E-state index contributed by atoms with van der Waals surface area (Å²) in [5.74, 6) is 0. The van der Waals surface area contributed by atoms with Crippen LogP contribution in [0.5, 0.6) is 0 Å². The van der Waals surface area contributed by atoms with E-state index in [1.54, 1.807) is 7.11 Å². The Balaban J connectivity index is 2.09. The van der Waals surface area contributed by atoms with Gasteiger partial charge in [0.15, 0.2) is 0 Å². The van der Waals surface area contributed by atoms with Crippen molar-refractivity contribution in [3.63, 3.8) is 0 Å². The average Bonchev–Trinajstić information content (AvgIpc) is 2.67. The van der Waals surface area contributed by atoms with Gasteiger partial charge in [-0.2, -0.15) is 0 Å². The van der Waals surface area contributed by atoms with Crippen LogP contribution in [0.1, 0.15) is 12.8 Å². The Morgan fingerprint density at radius 3 is 2.94 bits per heavy atom. The van der Waals surface area contributed by atoms with Gasteiger partial charge in [-0.3, -0.25) is 0 Å². The number of unbranched alkanes of at least 4 members (excludes halogenated alkanes) is 1. The fourth-order valence-corrected chi connectivity index (χ4v) is 1.92. The van der Waals surface area contributed by atoms with Crippen LogP contribution >= 0.6 is 0 Å². The van der Waals surface area contributed by atoms with Crippen LogP contribution in [0.25, 0.3) is 10.9 Å². The highest BCUT2D eigenvalue weighted by Crippen LogP contribution is 2.19. The molecule has 0 saturated carbocycles. The minimum atomic E-state index is 0.823. The molecule has 3 nitrogen and oxygen atoms in total. The lowest BCUT2D eigenvalue weighted by Gasteiger charge is -2.05. The standard InChI is InChI=1S/C13H18N2O/c1-16-9-3-2-7-15-8-6-11-4-5-12(14)10-13(11)15/h4-6,8,10H,2-3,7,9,14H2,1H3. The third-order valence-corrected chi connectivity index (χ3v) is 2.80. The number of fused-ring (bicyclic) bond motifs is 1. The molecule has 0 radical (unpaired) electrons. The van der Waals surface area contributed by atoms with E-state index in [-0.39, 0.29) is 0 Å². The summed E-state index contributed by atoms with van der Waals surface area (Å²) in [7, 11) is 1.74. The minimum absolute atomic E-state index is 0.823. The summed E-state index contributed by atoms with van der Waals surface area (Å²) in [6, 6.07) is 8.17. The van der Waals surface area contributed by atoms with E-state index in [1.165, 1.54) is 10.9 Å². The first-order valence-corrected chi connectivity index (χ1v) is 5.64. The van der Waals surface area contributed by atoms with Gasteiger partial charge >= 0.3 is 0 Å². The lowest BCUT2D eigenvalue weighted by molar-refractivity contribution is 0.191. The van der Waals surface area contributed by atoms with Crippen molar-refractivity contribution in [3.8, 4) is 0 Å². The largest absolute Gasteiger partial charge is 0.399 e. The maximum Gasteiger partial charge on any atom is 0.0500 e. The summed E-state index contributed by atoms with van der Waals surface area (Å²) in [6.07, 6.45) is 4.35. The van der Waals surface area contributed by atoms with Crippen LogP contribution in [0.3, 0.4) is 0 Å². The van der Waals surface area contributed by atoms with Crippen LogP contribution < -0.4 is 5.73 Å². The highest BCUT2D eigenvalue weighted by atomic mass is 16.5. The molecule has 2 aromatic rings. The topological polar surface area (TPSA) is 40.2 Å². The molecule has 0 saturated heterocycles. The van der Waals surface area contributed by atoms with Gasteiger partial charge in [0.25, 0.3) is 0 Å². The Morgan fingerprint density at radius 1 is 1.25 bits per heavy atom. The second kappa shape index (κ2) is 5.03. The quantitative estimate of drug-likeness (QED) is 0.619. The molecule has 86 valence electrons. The molecular formula is C13H18N2O. The molecule has 1 heterocycles. The van der Waals surface area contributed by atoms with Crippen molar-refractivity contribution in [2.45, 2.75) is 19.4 Å². The van der Waals surface area contributed by atoms with Gasteiger partial charge in [-0.25, -0.2) is 0 Å². The van der Waals surface area contributed by atoms with E-state index in [1.807, 2.05) is 12.1 Å². The Labute approximate surface area is 95.8 Å². The summed E-state index contributed by atoms with van der Waals surface area (Å²) in [4.78, 5) is 0. The van der Waals surface area contributed by atoms with Crippen molar-refractivity contribution in [3.05, 3.63) is 30.5 Å². The average molecular weight is 218 g/mol. The highest BCUT2D eigenvalue weighted by Gasteiger charge is 2.00. The van der Waals surface area contributed by atoms with E-state index in [9.17, 15) is 0 Å².